The maximum Gasteiger partial charge on any atom is 0.0745 e. The molecule has 0 aliphatic carbocycles. The van der Waals surface area contributed by atoms with Gasteiger partial charge in [0.15, 0.2) is 0 Å². The van der Waals surface area contributed by atoms with Crippen LogP contribution in [0.3, 0.4) is 0 Å². The van der Waals surface area contributed by atoms with E-state index in [1.54, 1.807) is 6.92 Å². The molecular weight excluding hydrogens is 142 g/mol. The lowest BCUT2D eigenvalue weighted by molar-refractivity contribution is 0.0472. The Morgan fingerprint density at radius 1 is 1.36 bits per heavy atom. The van der Waals surface area contributed by atoms with Crippen LogP contribution < -0.4 is 5.32 Å². The average molecular weight is 161 g/mol. The van der Waals surface area contributed by atoms with Gasteiger partial charge in [-0.3, -0.25) is 0 Å². The molecule has 0 radical (unpaired) electrons. The summed E-state index contributed by atoms with van der Waals surface area (Å²) in [5, 5.41) is 12.0. The summed E-state index contributed by atoms with van der Waals surface area (Å²) in [5.74, 6) is 0. The van der Waals surface area contributed by atoms with E-state index in [0.717, 1.165) is 6.54 Å². The third-order valence-electron chi connectivity index (χ3n) is 1.16. The van der Waals surface area contributed by atoms with E-state index in [1.807, 2.05) is 0 Å². The molecular formula is C8H19NO2. The zero-order valence-electron chi connectivity index (χ0n) is 7.63. The van der Waals surface area contributed by atoms with Crippen LogP contribution in [0, 0.1) is 0 Å². The molecule has 0 aromatic heterocycles. The van der Waals surface area contributed by atoms with E-state index in [-0.39, 0.29) is 6.10 Å². The van der Waals surface area contributed by atoms with Gasteiger partial charge in [-0.2, -0.15) is 0 Å². The van der Waals surface area contributed by atoms with Crippen molar-refractivity contribution in [2.24, 2.45) is 0 Å². The highest BCUT2D eigenvalue weighted by Gasteiger charge is 1.95. The quantitative estimate of drug-likeness (QED) is 0.553. The first-order valence-electron chi connectivity index (χ1n) is 4.12. The second-order valence-electron chi connectivity index (χ2n) is 3.03. The Hall–Kier alpha value is -0.120. The van der Waals surface area contributed by atoms with Crippen LogP contribution >= 0.6 is 0 Å². The lowest BCUT2D eigenvalue weighted by Gasteiger charge is -2.09. The smallest absolute Gasteiger partial charge is 0.0745 e. The summed E-state index contributed by atoms with van der Waals surface area (Å²) in [6.45, 7) is 7.85. The molecule has 0 saturated carbocycles. The summed E-state index contributed by atoms with van der Waals surface area (Å²) in [7, 11) is 0. The highest BCUT2D eigenvalue weighted by atomic mass is 16.5. The minimum absolute atomic E-state index is 0.353. The van der Waals surface area contributed by atoms with Gasteiger partial charge in [0, 0.05) is 12.6 Å². The van der Waals surface area contributed by atoms with Gasteiger partial charge in [0.2, 0.25) is 0 Å². The fourth-order valence-corrected chi connectivity index (χ4v) is 0.674. The molecule has 0 aliphatic rings. The molecule has 0 spiro atoms. The highest BCUT2D eigenvalue weighted by Crippen LogP contribution is 1.82. The lowest BCUT2D eigenvalue weighted by Crippen LogP contribution is -2.27. The summed E-state index contributed by atoms with van der Waals surface area (Å²) >= 11 is 0. The van der Waals surface area contributed by atoms with Crippen LogP contribution in [0.15, 0.2) is 0 Å². The van der Waals surface area contributed by atoms with Gasteiger partial charge in [0.1, 0.15) is 0 Å². The number of aliphatic hydroxyl groups excluding tert-OH is 1. The standard InChI is InChI=1S/C8H19NO2/c1-7(2)9-4-5-11-6-8(3)10/h7-10H,4-6H2,1-3H3. The molecule has 3 nitrogen and oxygen atoms in total. The van der Waals surface area contributed by atoms with E-state index in [0.29, 0.717) is 19.3 Å². The average Bonchev–Trinajstić information content (AvgIpc) is 1.85. The predicted molar refractivity (Wildman–Crippen MR) is 45.6 cm³/mol. The number of aliphatic hydroxyl groups is 1. The van der Waals surface area contributed by atoms with Crippen molar-refractivity contribution in [2.45, 2.75) is 32.9 Å². The Morgan fingerprint density at radius 3 is 2.45 bits per heavy atom. The molecule has 1 atom stereocenters. The molecule has 1 unspecified atom stereocenters. The van der Waals surface area contributed by atoms with E-state index in [9.17, 15) is 0 Å². The molecule has 0 fully saturated rings. The largest absolute Gasteiger partial charge is 0.391 e. The Morgan fingerprint density at radius 2 is 2.00 bits per heavy atom. The molecule has 2 N–H and O–H groups in total. The van der Waals surface area contributed by atoms with Crippen molar-refractivity contribution >= 4 is 0 Å². The van der Waals surface area contributed by atoms with E-state index in [1.165, 1.54) is 0 Å². The summed E-state index contributed by atoms with van der Waals surface area (Å²) in [6.07, 6.45) is -0.353. The fourth-order valence-electron chi connectivity index (χ4n) is 0.674. The molecule has 0 aliphatic heterocycles. The van der Waals surface area contributed by atoms with Gasteiger partial charge in [0.25, 0.3) is 0 Å². The van der Waals surface area contributed by atoms with E-state index < -0.39 is 0 Å². The van der Waals surface area contributed by atoms with Gasteiger partial charge < -0.3 is 15.2 Å². The number of hydrogen-bond donors (Lipinski definition) is 2. The minimum Gasteiger partial charge on any atom is -0.391 e. The van der Waals surface area contributed by atoms with E-state index in [4.69, 9.17) is 9.84 Å². The molecule has 3 heteroatoms. The van der Waals surface area contributed by atoms with Crippen molar-refractivity contribution in [3.05, 3.63) is 0 Å². The number of ether oxygens (including phenoxy) is 1. The highest BCUT2D eigenvalue weighted by molar-refractivity contribution is 4.51. The third-order valence-corrected chi connectivity index (χ3v) is 1.16. The Bertz CT molecular complexity index is 74.2. The lowest BCUT2D eigenvalue weighted by atomic mass is 10.4. The van der Waals surface area contributed by atoms with Gasteiger partial charge >= 0.3 is 0 Å². The maximum absolute atomic E-state index is 8.82. The van der Waals surface area contributed by atoms with Gasteiger partial charge in [-0.05, 0) is 6.92 Å². The second kappa shape index (κ2) is 6.58. The molecule has 0 amide bonds. The zero-order valence-corrected chi connectivity index (χ0v) is 7.63. The Kier molecular flexibility index (Phi) is 6.51. The first kappa shape index (κ1) is 10.9. The molecule has 0 heterocycles. The van der Waals surface area contributed by atoms with Gasteiger partial charge in [0.05, 0.1) is 19.3 Å². The minimum atomic E-state index is -0.353. The zero-order chi connectivity index (χ0) is 8.69. The molecule has 0 saturated heterocycles. The van der Waals surface area contributed by atoms with Crippen molar-refractivity contribution in [2.75, 3.05) is 19.8 Å². The molecule has 68 valence electrons. The predicted octanol–water partition coefficient (Wildman–Crippen LogP) is 0.382. The number of nitrogens with one attached hydrogen (secondary N) is 1. The van der Waals surface area contributed by atoms with Gasteiger partial charge in [-0.1, -0.05) is 13.8 Å². The summed E-state index contributed by atoms with van der Waals surface area (Å²) in [6, 6.07) is 0.505. The van der Waals surface area contributed by atoms with Crippen LogP contribution in [0.1, 0.15) is 20.8 Å². The van der Waals surface area contributed by atoms with Gasteiger partial charge in [-0.25, -0.2) is 0 Å². The summed E-state index contributed by atoms with van der Waals surface area (Å²) in [4.78, 5) is 0. The van der Waals surface area contributed by atoms with Crippen molar-refractivity contribution in [3.8, 4) is 0 Å². The van der Waals surface area contributed by atoms with Crippen molar-refractivity contribution in [3.63, 3.8) is 0 Å². The molecule has 0 rings (SSSR count). The third kappa shape index (κ3) is 9.88. The van der Waals surface area contributed by atoms with Crippen LogP contribution in [0.4, 0.5) is 0 Å². The fraction of sp³-hybridized carbons (Fsp3) is 1.00. The van der Waals surface area contributed by atoms with Gasteiger partial charge in [-0.15, -0.1) is 0 Å². The topological polar surface area (TPSA) is 41.5 Å². The van der Waals surface area contributed by atoms with Crippen LogP contribution in [0.2, 0.25) is 0 Å². The first-order chi connectivity index (χ1) is 5.13. The normalized spacial score (nSPS) is 13.9. The summed E-state index contributed by atoms with van der Waals surface area (Å²) in [5.41, 5.74) is 0. The SMILES string of the molecule is CC(O)COCCNC(C)C. The van der Waals surface area contributed by atoms with E-state index in [2.05, 4.69) is 19.2 Å². The van der Waals surface area contributed by atoms with Crippen LogP contribution in [0.5, 0.6) is 0 Å². The van der Waals surface area contributed by atoms with Crippen molar-refractivity contribution < 1.29 is 9.84 Å². The first-order valence-corrected chi connectivity index (χ1v) is 4.12. The molecule has 11 heavy (non-hydrogen) atoms. The Balaban J connectivity index is 2.91. The number of hydrogen-bond acceptors (Lipinski definition) is 3. The van der Waals surface area contributed by atoms with Crippen LogP contribution in [-0.4, -0.2) is 37.0 Å². The van der Waals surface area contributed by atoms with Crippen LogP contribution in [0.25, 0.3) is 0 Å². The molecule has 0 aromatic carbocycles. The maximum atomic E-state index is 8.82. The molecule has 0 aromatic rings. The monoisotopic (exact) mass is 161 g/mol. The Labute approximate surface area is 68.8 Å². The summed E-state index contributed by atoms with van der Waals surface area (Å²) < 4.78 is 5.13. The molecule has 0 bridgehead atoms. The number of rotatable bonds is 6. The van der Waals surface area contributed by atoms with Crippen molar-refractivity contribution in [1.29, 1.82) is 0 Å². The van der Waals surface area contributed by atoms with Crippen LogP contribution in [-0.2, 0) is 4.74 Å². The van der Waals surface area contributed by atoms with E-state index >= 15 is 0 Å². The van der Waals surface area contributed by atoms with Crippen molar-refractivity contribution in [1.82, 2.24) is 5.32 Å². The second-order valence-corrected chi connectivity index (χ2v) is 3.03.